The zero-order valence-electron chi connectivity index (χ0n) is 22.6. The van der Waals surface area contributed by atoms with Crippen LogP contribution in [0.2, 0.25) is 18.1 Å². The minimum atomic E-state index is -1.81. The molecule has 2 heterocycles. The summed E-state index contributed by atoms with van der Waals surface area (Å²) in [5.74, 6) is 1.98. The van der Waals surface area contributed by atoms with Gasteiger partial charge in [0.05, 0.1) is 30.5 Å². The van der Waals surface area contributed by atoms with Crippen LogP contribution in [0.4, 0.5) is 0 Å². The van der Waals surface area contributed by atoms with Gasteiger partial charge in [-0.3, -0.25) is 0 Å². The maximum Gasteiger partial charge on any atom is 0.192 e. The third kappa shape index (κ3) is 3.21. The molecule has 5 unspecified atom stereocenters. The summed E-state index contributed by atoms with van der Waals surface area (Å²) in [6, 6.07) is 0. The van der Waals surface area contributed by atoms with E-state index in [0.717, 1.165) is 5.92 Å². The third-order valence-corrected chi connectivity index (χ3v) is 16.4. The molecule has 0 spiro atoms. The molecule has 0 aromatic rings. The van der Waals surface area contributed by atoms with Crippen LogP contribution in [0.25, 0.3) is 0 Å². The predicted molar refractivity (Wildman–Crippen MR) is 132 cm³/mol. The van der Waals surface area contributed by atoms with Crippen LogP contribution in [0.15, 0.2) is 0 Å². The van der Waals surface area contributed by atoms with Crippen molar-refractivity contribution in [3.05, 3.63) is 0 Å². The van der Waals surface area contributed by atoms with Crippen molar-refractivity contribution >= 4 is 8.32 Å². The molecule has 2 aliphatic heterocycles. The van der Waals surface area contributed by atoms with Crippen molar-refractivity contribution in [1.82, 2.24) is 0 Å². The average Bonchev–Trinajstić information content (AvgIpc) is 3.29. The van der Waals surface area contributed by atoms with Crippen LogP contribution in [0.1, 0.15) is 87.0 Å². The summed E-state index contributed by atoms with van der Waals surface area (Å²) in [5, 5.41) is 0.255. The molecule has 6 aliphatic rings. The summed E-state index contributed by atoms with van der Waals surface area (Å²) in [6.07, 6.45) is 9.32. The van der Waals surface area contributed by atoms with E-state index in [2.05, 4.69) is 61.6 Å². The number of hydrogen-bond donors (Lipinski definition) is 0. The number of rotatable bonds is 2. The van der Waals surface area contributed by atoms with Gasteiger partial charge in [0.15, 0.2) is 14.1 Å². The van der Waals surface area contributed by atoms with Crippen molar-refractivity contribution in [2.45, 2.75) is 141 Å². The van der Waals surface area contributed by atoms with Crippen LogP contribution in [0.5, 0.6) is 0 Å². The van der Waals surface area contributed by atoms with Crippen LogP contribution in [0, 0.1) is 34.5 Å². The molecule has 33 heavy (non-hydrogen) atoms. The highest BCUT2D eigenvalue weighted by Gasteiger charge is 2.73. The average molecular weight is 477 g/mol. The highest BCUT2D eigenvalue weighted by Crippen LogP contribution is 2.70. The fourth-order valence-corrected chi connectivity index (χ4v) is 10.6. The molecule has 6 fully saturated rings. The van der Waals surface area contributed by atoms with E-state index in [0.29, 0.717) is 41.5 Å². The molecule has 0 aromatic carbocycles. The monoisotopic (exact) mass is 476 g/mol. The van der Waals surface area contributed by atoms with Gasteiger partial charge in [-0.2, -0.15) is 0 Å². The first-order valence-corrected chi connectivity index (χ1v) is 16.8. The molecule has 188 valence electrons. The van der Waals surface area contributed by atoms with Gasteiger partial charge in [0.1, 0.15) is 0 Å². The van der Waals surface area contributed by atoms with Gasteiger partial charge in [0.2, 0.25) is 0 Å². The fraction of sp³-hybridized carbons (Fsp3) is 1.00. The maximum atomic E-state index is 7.17. The number of ether oxygens (including phenoxy) is 3. The van der Waals surface area contributed by atoms with Crippen molar-refractivity contribution in [3.63, 3.8) is 0 Å². The lowest BCUT2D eigenvalue weighted by atomic mass is 9.44. The zero-order valence-corrected chi connectivity index (χ0v) is 23.6. The Morgan fingerprint density at radius 1 is 0.788 bits per heavy atom. The van der Waals surface area contributed by atoms with Crippen molar-refractivity contribution in [2.24, 2.45) is 34.5 Å². The fourth-order valence-electron chi connectivity index (χ4n) is 9.19. The largest absolute Gasteiger partial charge is 0.413 e. The van der Waals surface area contributed by atoms with E-state index in [1.165, 1.54) is 38.5 Å². The van der Waals surface area contributed by atoms with Crippen LogP contribution < -0.4 is 0 Å². The highest BCUT2D eigenvalue weighted by molar-refractivity contribution is 6.74. The first kappa shape index (κ1) is 23.5. The van der Waals surface area contributed by atoms with Crippen LogP contribution in [0.3, 0.4) is 0 Å². The lowest BCUT2D eigenvalue weighted by Gasteiger charge is -2.62. The first-order valence-electron chi connectivity index (χ1n) is 13.9. The van der Waals surface area contributed by atoms with E-state index in [1.54, 1.807) is 0 Å². The van der Waals surface area contributed by atoms with E-state index in [4.69, 9.17) is 18.6 Å². The van der Waals surface area contributed by atoms with E-state index in [9.17, 15) is 0 Å². The van der Waals surface area contributed by atoms with Gasteiger partial charge < -0.3 is 18.6 Å². The molecule has 0 bridgehead atoms. The topological polar surface area (TPSA) is 40.2 Å². The molecule has 11 atom stereocenters. The second-order valence-electron chi connectivity index (χ2n) is 15.1. The van der Waals surface area contributed by atoms with Gasteiger partial charge in [-0.1, -0.05) is 34.6 Å². The lowest BCUT2D eigenvalue weighted by Crippen LogP contribution is -2.64. The van der Waals surface area contributed by atoms with Crippen molar-refractivity contribution in [2.75, 3.05) is 0 Å². The summed E-state index contributed by atoms with van der Waals surface area (Å²) in [4.78, 5) is 0. The van der Waals surface area contributed by atoms with Gasteiger partial charge in [0, 0.05) is 5.92 Å². The Balaban J connectivity index is 1.35. The molecule has 4 nitrogen and oxygen atoms in total. The summed E-state index contributed by atoms with van der Waals surface area (Å²) in [7, 11) is -1.81. The summed E-state index contributed by atoms with van der Waals surface area (Å²) >= 11 is 0. The quantitative estimate of drug-likeness (QED) is 0.335. The van der Waals surface area contributed by atoms with Gasteiger partial charge in [-0.05, 0) is 99.1 Å². The lowest BCUT2D eigenvalue weighted by molar-refractivity contribution is -0.180. The van der Waals surface area contributed by atoms with Crippen LogP contribution >= 0.6 is 0 Å². The van der Waals surface area contributed by atoms with E-state index >= 15 is 0 Å². The Labute approximate surface area is 203 Å². The van der Waals surface area contributed by atoms with Gasteiger partial charge in [-0.15, -0.1) is 0 Å². The molecule has 0 N–H and O–H groups in total. The minimum Gasteiger partial charge on any atom is -0.413 e. The van der Waals surface area contributed by atoms with Gasteiger partial charge in [-0.25, -0.2) is 0 Å². The standard InChI is InChI=1S/C28H48O4Si/c1-25(2,3)33(8,9)32-19-11-10-16-20-17(12-14-27(16,19)6)28(7)15-13-18-22(29-18)21(28)24-23(20)30-26(4,5)31-24/h16-24H,10-15H2,1-9H3/t16?,17?,18-,19+,20?,21?,22?,23-,24-,27+,28-/m1/s1. The minimum absolute atomic E-state index is 0.184. The van der Waals surface area contributed by atoms with Crippen molar-refractivity contribution in [3.8, 4) is 0 Å². The Hall–Kier alpha value is 0.0569. The smallest absolute Gasteiger partial charge is 0.192 e. The molecular formula is C28H48O4Si. The molecule has 2 saturated heterocycles. The molecule has 0 aromatic heterocycles. The predicted octanol–water partition coefficient (Wildman–Crippen LogP) is 6.54. The highest BCUT2D eigenvalue weighted by atomic mass is 28.4. The second kappa shape index (κ2) is 6.88. The van der Waals surface area contributed by atoms with E-state index in [1.807, 2.05) is 0 Å². The molecule has 5 heteroatoms. The van der Waals surface area contributed by atoms with Gasteiger partial charge in [0.25, 0.3) is 0 Å². The summed E-state index contributed by atoms with van der Waals surface area (Å²) in [5.41, 5.74) is 0.570. The van der Waals surface area contributed by atoms with Crippen LogP contribution in [-0.2, 0) is 18.6 Å². The number of epoxide rings is 1. The molecule has 4 aliphatic carbocycles. The maximum absolute atomic E-state index is 7.17. The number of hydrogen-bond acceptors (Lipinski definition) is 4. The number of fused-ring (bicyclic) bond motifs is 10. The zero-order chi connectivity index (χ0) is 23.8. The molecule has 6 rings (SSSR count). The van der Waals surface area contributed by atoms with Gasteiger partial charge >= 0.3 is 0 Å². The van der Waals surface area contributed by atoms with E-state index < -0.39 is 14.1 Å². The Morgan fingerprint density at radius 3 is 2.12 bits per heavy atom. The second-order valence-corrected chi connectivity index (χ2v) is 19.8. The summed E-state index contributed by atoms with van der Waals surface area (Å²) in [6.45, 7) is 21.4. The first-order chi connectivity index (χ1) is 15.2. The molecular weight excluding hydrogens is 428 g/mol. The summed E-state index contributed by atoms with van der Waals surface area (Å²) < 4.78 is 27.0. The molecule has 0 radical (unpaired) electrons. The Kier molecular flexibility index (Phi) is 4.89. The molecule has 0 amide bonds. The van der Waals surface area contributed by atoms with Crippen molar-refractivity contribution in [1.29, 1.82) is 0 Å². The SMILES string of the molecule is CC1(C)O[C@@H]2C3C(CC[C@@]4(C)C3CC[C@@H]4O[Si](C)(C)C(C)(C)C)[C@@]3(C)CC[C@H]4OC4C3[C@H]2O1. The Bertz CT molecular complexity index is 819. The third-order valence-electron chi connectivity index (χ3n) is 11.9. The molecule has 4 saturated carbocycles. The Morgan fingerprint density at radius 2 is 1.42 bits per heavy atom. The van der Waals surface area contributed by atoms with E-state index in [-0.39, 0.29) is 22.7 Å². The van der Waals surface area contributed by atoms with Crippen LogP contribution in [-0.4, -0.2) is 44.6 Å². The normalized spacial score (nSPS) is 54.6. The van der Waals surface area contributed by atoms with Crippen molar-refractivity contribution < 1.29 is 18.6 Å².